The number of hydrogen-bond acceptors (Lipinski definition) is 4. The normalized spacial score (nSPS) is 11.0. The van der Waals surface area contributed by atoms with Gasteiger partial charge in [-0.05, 0) is 42.8 Å². The number of amides is 1. The molecule has 0 aromatic heterocycles. The molecule has 0 aliphatic carbocycles. The first-order chi connectivity index (χ1) is 11.4. The maximum Gasteiger partial charge on any atom is 0.261 e. The summed E-state index contributed by atoms with van der Waals surface area (Å²) in [5, 5.41) is 0. The highest BCUT2D eigenvalue weighted by molar-refractivity contribution is 7.92. The van der Waals surface area contributed by atoms with Crippen LogP contribution in [0.1, 0.15) is 30.1 Å². The second-order valence-corrected chi connectivity index (χ2v) is 6.87. The molecule has 2 aromatic carbocycles. The summed E-state index contributed by atoms with van der Waals surface area (Å²) >= 11 is 0. The fourth-order valence-corrected chi connectivity index (χ4v) is 3.12. The van der Waals surface area contributed by atoms with Crippen LogP contribution in [0.5, 0.6) is 5.75 Å². The summed E-state index contributed by atoms with van der Waals surface area (Å²) in [7, 11) is -3.82. The molecule has 24 heavy (non-hydrogen) atoms. The van der Waals surface area contributed by atoms with Crippen LogP contribution in [0.25, 0.3) is 0 Å². The molecule has 0 radical (unpaired) electrons. The predicted molar refractivity (Wildman–Crippen MR) is 92.6 cm³/mol. The van der Waals surface area contributed by atoms with Crippen LogP contribution in [0, 0.1) is 0 Å². The zero-order valence-corrected chi connectivity index (χ0v) is 14.2. The zero-order valence-electron chi connectivity index (χ0n) is 13.4. The van der Waals surface area contributed by atoms with Gasteiger partial charge < -0.3 is 10.5 Å². The number of nitrogens with one attached hydrogen (secondary N) is 1. The fraction of sp³-hybridized carbons (Fsp3) is 0.235. The van der Waals surface area contributed by atoms with Crippen molar-refractivity contribution in [2.45, 2.75) is 24.7 Å². The molecule has 0 aliphatic rings. The fourth-order valence-electron chi connectivity index (χ4n) is 2.04. The lowest BCUT2D eigenvalue weighted by Crippen LogP contribution is -2.18. The average Bonchev–Trinajstić information content (AvgIpc) is 2.55. The number of carbonyl (C=O) groups excluding carboxylic acids is 1. The highest BCUT2D eigenvalue weighted by Gasteiger charge is 2.17. The van der Waals surface area contributed by atoms with E-state index in [2.05, 4.69) is 11.6 Å². The minimum absolute atomic E-state index is 0.0737. The minimum atomic E-state index is -3.82. The predicted octanol–water partition coefficient (Wildman–Crippen LogP) is 2.77. The topological polar surface area (TPSA) is 98.5 Å². The number of carbonyl (C=O) groups is 1. The Morgan fingerprint density at radius 2 is 1.79 bits per heavy atom. The van der Waals surface area contributed by atoms with Crippen LogP contribution in [0.4, 0.5) is 5.69 Å². The zero-order chi connectivity index (χ0) is 17.6. The lowest BCUT2D eigenvalue weighted by atomic mass is 10.2. The van der Waals surface area contributed by atoms with E-state index in [9.17, 15) is 13.2 Å². The van der Waals surface area contributed by atoms with Gasteiger partial charge in [-0.2, -0.15) is 0 Å². The van der Waals surface area contributed by atoms with Crippen LogP contribution in [0.3, 0.4) is 0 Å². The molecule has 7 heteroatoms. The highest BCUT2D eigenvalue weighted by atomic mass is 32.2. The van der Waals surface area contributed by atoms with Crippen LogP contribution in [-0.2, 0) is 10.0 Å². The van der Waals surface area contributed by atoms with Gasteiger partial charge in [-0.15, -0.1) is 0 Å². The molecule has 6 nitrogen and oxygen atoms in total. The third kappa shape index (κ3) is 4.48. The van der Waals surface area contributed by atoms with Gasteiger partial charge in [0, 0.05) is 0 Å². The largest absolute Gasteiger partial charge is 0.494 e. The molecule has 2 aromatic rings. The molecular weight excluding hydrogens is 328 g/mol. The Bertz CT molecular complexity index is 802. The molecule has 1 amide bonds. The Morgan fingerprint density at radius 1 is 1.12 bits per heavy atom. The molecule has 0 atom stereocenters. The second-order valence-electron chi connectivity index (χ2n) is 5.19. The first-order valence-electron chi connectivity index (χ1n) is 7.58. The van der Waals surface area contributed by atoms with E-state index in [1.54, 1.807) is 24.3 Å². The van der Waals surface area contributed by atoms with Crippen LogP contribution in [-0.4, -0.2) is 20.9 Å². The number of benzene rings is 2. The molecule has 0 heterocycles. The Morgan fingerprint density at radius 3 is 2.42 bits per heavy atom. The van der Waals surface area contributed by atoms with Gasteiger partial charge in [0.25, 0.3) is 15.9 Å². The van der Waals surface area contributed by atoms with E-state index in [-0.39, 0.29) is 16.1 Å². The maximum absolute atomic E-state index is 12.4. The van der Waals surface area contributed by atoms with Crippen molar-refractivity contribution in [2.75, 3.05) is 11.3 Å². The van der Waals surface area contributed by atoms with Crippen molar-refractivity contribution in [1.29, 1.82) is 0 Å². The number of rotatable bonds is 8. The third-order valence-electron chi connectivity index (χ3n) is 3.34. The van der Waals surface area contributed by atoms with E-state index in [1.165, 1.54) is 24.3 Å². The van der Waals surface area contributed by atoms with Gasteiger partial charge >= 0.3 is 0 Å². The Balaban J connectivity index is 2.17. The van der Waals surface area contributed by atoms with Crippen LogP contribution < -0.4 is 15.2 Å². The molecule has 0 unspecified atom stereocenters. The Kier molecular flexibility index (Phi) is 5.81. The van der Waals surface area contributed by atoms with Crippen molar-refractivity contribution < 1.29 is 17.9 Å². The van der Waals surface area contributed by atoms with Crippen molar-refractivity contribution in [2.24, 2.45) is 5.73 Å². The SMILES string of the molecule is CCCCOc1ccc(S(=O)(=O)Nc2ccccc2C(N)=O)cc1. The second kappa shape index (κ2) is 7.83. The van der Waals surface area contributed by atoms with Crippen molar-refractivity contribution in [3.63, 3.8) is 0 Å². The summed E-state index contributed by atoms with van der Waals surface area (Å²) in [4.78, 5) is 11.5. The van der Waals surface area contributed by atoms with Gasteiger partial charge in [0.15, 0.2) is 0 Å². The van der Waals surface area contributed by atoms with E-state index in [0.717, 1.165) is 12.8 Å². The molecule has 0 saturated heterocycles. The quantitative estimate of drug-likeness (QED) is 0.717. The summed E-state index contributed by atoms with van der Waals surface area (Å²) in [6.07, 6.45) is 1.96. The number of para-hydroxylation sites is 1. The smallest absolute Gasteiger partial charge is 0.261 e. The van der Waals surface area contributed by atoms with Crippen molar-refractivity contribution in [3.8, 4) is 5.75 Å². The van der Waals surface area contributed by atoms with Crippen molar-refractivity contribution in [1.82, 2.24) is 0 Å². The molecule has 0 aliphatic heterocycles. The average molecular weight is 348 g/mol. The summed E-state index contributed by atoms with van der Waals surface area (Å²) in [5.74, 6) is -0.0899. The molecule has 0 bridgehead atoms. The lowest BCUT2D eigenvalue weighted by Gasteiger charge is -2.11. The molecule has 0 fully saturated rings. The molecule has 3 N–H and O–H groups in total. The molecule has 0 saturated carbocycles. The molecule has 2 rings (SSSR count). The number of unbranched alkanes of at least 4 members (excludes halogenated alkanes) is 1. The Hall–Kier alpha value is -2.54. The lowest BCUT2D eigenvalue weighted by molar-refractivity contribution is 0.100. The standard InChI is InChI=1S/C17H20N2O4S/c1-2-3-12-23-13-8-10-14(11-9-13)24(21,22)19-16-7-5-4-6-15(16)17(18)20/h4-11,19H,2-3,12H2,1H3,(H2,18,20). The van der Waals surface area contributed by atoms with Crippen LogP contribution >= 0.6 is 0 Å². The van der Waals surface area contributed by atoms with Gasteiger partial charge in [0.2, 0.25) is 0 Å². The summed E-state index contributed by atoms with van der Waals surface area (Å²) in [6, 6.07) is 12.3. The van der Waals surface area contributed by atoms with Crippen LogP contribution in [0.2, 0.25) is 0 Å². The van der Waals surface area contributed by atoms with Gasteiger partial charge in [0.1, 0.15) is 5.75 Å². The van der Waals surface area contributed by atoms with Gasteiger partial charge in [-0.25, -0.2) is 8.42 Å². The van der Waals surface area contributed by atoms with Gasteiger partial charge in [0.05, 0.1) is 22.8 Å². The van der Waals surface area contributed by atoms with Gasteiger partial charge in [-0.1, -0.05) is 25.5 Å². The summed E-state index contributed by atoms with van der Waals surface area (Å²) in [5.41, 5.74) is 5.52. The van der Waals surface area contributed by atoms with E-state index in [0.29, 0.717) is 12.4 Å². The first kappa shape index (κ1) is 17.8. The van der Waals surface area contributed by atoms with Gasteiger partial charge in [-0.3, -0.25) is 9.52 Å². The van der Waals surface area contributed by atoms with E-state index in [1.807, 2.05) is 0 Å². The number of ether oxygens (including phenoxy) is 1. The molecule has 128 valence electrons. The Labute approximate surface area is 141 Å². The number of primary amides is 1. The molecular formula is C17H20N2O4S. The van der Waals surface area contributed by atoms with E-state index >= 15 is 0 Å². The summed E-state index contributed by atoms with van der Waals surface area (Å²) < 4.78 is 32.8. The minimum Gasteiger partial charge on any atom is -0.494 e. The number of sulfonamides is 1. The maximum atomic E-state index is 12.4. The monoisotopic (exact) mass is 348 g/mol. The summed E-state index contributed by atoms with van der Waals surface area (Å²) in [6.45, 7) is 2.65. The van der Waals surface area contributed by atoms with E-state index < -0.39 is 15.9 Å². The number of nitrogens with two attached hydrogens (primary N) is 1. The van der Waals surface area contributed by atoms with E-state index in [4.69, 9.17) is 10.5 Å². The van der Waals surface area contributed by atoms with Crippen molar-refractivity contribution in [3.05, 3.63) is 54.1 Å². The highest BCUT2D eigenvalue weighted by Crippen LogP contribution is 2.21. The van der Waals surface area contributed by atoms with Crippen LogP contribution in [0.15, 0.2) is 53.4 Å². The first-order valence-corrected chi connectivity index (χ1v) is 9.07. The molecule has 0 spiro atoms. The number of anilines is 1. The van der Waals surface area contributed by atoms with Crippen molar-refractivity contribution >= 4 is 21.6 Å². The number of hydrogen-bond donors (Lipinski definition) is 2. The third-order valence-corrected chi connectivity index (χ3v) is 4.72.